The van der Waals surface area contributed by atoms with Crippen LogP contribution in [0.1, 0.15) is 12.6 Å². The SMILES string of the molecule is CN(C)/C=N/c1nc2c(ncn2[C@@H]2C[C@@H](O)[C@H](CO)O2)c(=O)[nH]1. The van der Waals surface area contributed by atoms with Crippen molar-refractivity contribution in [3.8, 4) is 0 Å². The number of hydrogen-bond donors (Lipinski definition) is 3. The van der Waals surface area contributed by atoms with Crippen molar-refractivity contribution in [2.45, 2.75) is 24.9 Å². The van der Waals surface area contributed by atoms with Crippen molar-refractivity contribution in [2.24, 2.45) is 4.99 Å². The smallest absolute Gasteiger partial charge is 0.280 e. The third-order valence-corrected chi connectivity index (χ3v) is 3.53. The lowest BCUT2D eigenvalue weighted by Gasteiger charge is -2.13. The summed E-state index contributed by atoms with van der Waals surface area (Å²) in [6.07, 6.45) is 1.24. The molecule has 23 heavy (non-hydrogen) atoms. The lowest BCUT2D eigenvalue weighted by Crippen LogP contribution is -2.24. The molecule has 0 saturated carbocycles. The summed E-state index contributed by atoms with van der Waals surface area (Å²) in [6, 6.07) is 0. The summed E-state index contributed by atoms with van der Waals surface area (Å²) in [4.78, 5) is 28.7. The summed E-state index contributed by atoms with van der Waals surface area (Å²) in [5.74, 6) is 0.148. The maximum absolute atomic E-state index is 12.1. The molecule has 10 nitrogen and oxygen atoms in total. The second-order valence-corrected chi connectivity index (χ2v) is 5.54. The predicted octanol–water partition coefficient (Wildman–Crippen LogP) is -1.02. The van der Waals surface area contributed by atoms with Crippen molar-refractivity contribution in [2.75, 3.05) is 20.7 Å². The van der Waals surface area contributed by atoms with Gasteiger partial charge in [-0.3, -0.25) is 14.3 Å². The fraction of sp³-hybridized carbons (Fsp3) is 0.538. The molecule has 10 heteroatoms. The van der Waals surface area contributed by atoms with Gasteiger partial charge in [0.15, 0.2) is 11.2 Å². The van der Waals surface area contributed by atoms with E-state index in [2.05, 4.69) is 19.9 Å². The average Bonchev–Trinajstić information content (AvgIpc) is 3.08. The van der Waals surface area contributed by atoms with Crippen molar-refractivity contribution < 1.29 is 14.9 Å². The number of nitrogens with zero attached hydrogens (tertiary/aromatic N) is 5. The number of fused-ring (bicyclic) bond motifs is 1. The van der Waals surface area contributed by atoms with Crippen molar-refractivity contribution in [3.63, 3.8) is 0 Å². The quantitative estimate of drug-likeness (QED) is 0.485. The van der Waals surface area contributed by atoms with Crippen LogP contribution < -0.4 is 5.56 Å². The summed E-state index contributed by atoms with van der Waals surface area (Å²) in [5, 5.41) is 19.0. The van der Waals surface area contributed by atoms with E-state index in [0.717, 1.165) is 0 Å². The molecule has 3 heterocycles. The van der Waals surface area contributed by atoms with Crippen LogP contribution in [0.2, 0.25) is 0 Å². The van der Waals surface area contributed by atoms with Gasteiger partial charge in [-0.2, -0.15) is 4.98 Å². The zero-order valence-corrected chi connectivity index (χ0v) is 12.7. The van der Waals surface area contributed by atoms with Crippen LogP contribution in [0.5, 0.6) is 0 Å². The van der Waals surface area contributed by atoms with Crippen molar-refractivity contribution in [3.05, 3.63) is 16.7 Å². The number of rotatable bonds is 4. The molecule has 3 atom stereocenters. The first-order chi connectivity index (χ1) is 11.0. The van der Waals surface area contributed by atoms with Crippen LogP contribution in [0.4, 0.5) is 5.95 Å². The minimum Gasteiger partial charge on any atom is -0.394 e. The third kappa shape index (κ3) is 2.96. The molecular weight excluding hydrogens is 304 g/mol. The molecule has 3 N–H and O–H groups in total. The molecule has 0 unspecified atom stereocenters. The van der Waals surface area contributed by atoms with Crippen molar-refractivity contribution in [1.29, 1.82) is 0 Å². The first-order valence-electron chi connectivity index (χ1n) is 7.11. The minimum atomic E-state index is -0.782. The molecule has 0 bridgehead atoms. The molecule has 1 saturated heterocycles. The van der Waals surface area contributed by atoms with E-state index in [9.17, 15) is 15.0 Å². The highest BCUT2D eigenvalue weighted by Crippen LogP contribution is 2.30. The van der Waals surface area contributed by atoms with Gasteiger partial charge in [0.25, 0.3) is 5.56 Å². The van der Waals surface area contributed by atoms with Gasteiger partial charge in [-0.05, 0) is 0 Å². The zero-order chi connectivity index (χ0) is 16.6. The Morgan fingerprint density at radius 1 is 1.61 bits per heavy atom. The molecule has 0 aliphatic carbocycles. The topological polar surface area (TPSA) is 129 Å². The number of aromatic amines is 1. The Labute approximate surface area is 131 Å². The second-order valence-electron chi connectivity index (χ2n) is 5.54. The van der Waals surface area contributed by atoms with E-state index in [1.807, 2.05) is 0 Å². The van der Waals surface area contributed by atoms with Gasteiger partial charge in [-0.25, -0.2) is 9.98 Å². The number of aliphatic hydroxyl groups is 2. The number of nitrogens with one attached hydrogen (secondary N) is 1. The van der Waals surface area contributed by atoms with Crippen molar-refractivity contribution in [1.82, 2.24) is 24.4 Å². The average molecular weight is 322 g/mol. The van der Waals surface area contributed by atoms with E-state index in [1.165, 1.54) is 12.7 Å². The normalized spacial score (nSPS) is 24.8. The van der Waals surface area contributed by atoms with Gasteiger partial charge in [-0.1, -0.05) is 0 Å². The van der Waals surface area contributed by atoms with Gasteiger partial charge in [0.1, 0.15) is 12.3 Å². The van der Waals surface area contributed by atoms with Gasteiger partial charge in [-0.15, -0.1) is 0 Å². The van der Waals surface area contributed by atoms with E-state index in [0.29, 0.717) is 5.65 Å². The van der Waals surface area contributed by atoms with Crippen LogP contribution in [0.15, 0.2) is 16.1 Å². The van der Waals surface area contributed by atoms with Crippen LogP contribution in [0.25, 0.3) is 11.2 Å². The van der Waals surface area contributed by atoms with Crippen LogP contribution in [0.3, 0.4) is 0 Å². The van der Waals surface area contributed by atoms with Crippen LogP contribution in [-0.2, 0) is 4.74 Å². The molecule has 2 aromatic heterocycles. The molecule has 1 aliphatic heterocycles. The van der Waals surface area contributed by atoms with Gasteiger partial charge in [0.2, 0.25) is 5.95 Å². The Morgan fingerprint density at radius 2 is 2.39 bits per heavy atom. The maximum Gasteiger partial charge on any atom is 0.280 e. The van der Waals surface area contributed by atoms with E-state index < -0.39 is 24.0 Å². The van der Waals surface area contributed by atoms with Crippen LogP contribution >= 0.6 is 0 Å². The number of hydrogen-bond acceptors (Lipinski definition) is 7. The zero-order valence-electron chi connectivity index (χ0n) is 12.7. The van der Waals surface area contributed by atoms with E-state index in [1.54, 1.807) is 23.6 Å². The number of imidazole rings is 1. The largest absolute Gasteiger partial charge is 0.394 e. The number of aromatic nitrogens is 4. The van der Waals surface area contributed by atoms with Crippen LogP contribution in [-0.4, -0.2) is 73.9 Å². The number of ether oxygens (including phenoxy) is 1. The highest BCUT2D eigenvalue weighted by atomic mass is 16.5. The molecule has 0 aromatic carbocycles. The highest BCUT2D eigenvalue weighted by molar-refractivity contribution is 5.71. The van der Waals surface area contributed by atoms with Gasteiger partial charge >= 0.3 is 0 Å². The van der Waals surface area contributed by atoms with E-state index in [4.69, 9.17) is 4.74 Å². The second kappa shape index (κ2) is 6.07. The number of aliphatic imine (C=N–C) groups is 1. The van der Waals surface area contributed by atoms with Crippen LogP contribution in [0, 0.1) is 0 Å². The Kier molecular flexibility index (Phi) is 4.11. The molecule has 0 radical (unpaired) electrons. The molecule has 0 amide bonds. The molecule has 3 rings (SSSR count). The Balaban J connectivity index is 2.00. The van der Waals surface area contributed by atoms with Gasteiger partial charge in [0.05, 0.1) is 25.4 Å². The summed E-state index contributed by atoms with van der Waals surface area (Å²) in [6.45, 7) is -0.281. The number of aliphatic hydroxyl groups excluding tert-OH is 2. The molecular formula is C13H18N6O4. The molecule has 124 valence electrons. The van der Waals surface area contributed by atoms with Gasteiger partial charge in [0, 0.05) is 20.5 Å². The number of H-pyrrole nitrogens is 1. The summed E-state index contributed by atoms with van der Waals surface area (Å²) in [5.41, 5.74) is 0.0756. The lowest BCUT2D eigenvalue weighted by molar-refractivity contribution is -0.0432. The summed E-state index contributed by atoms with van der Waals surface area (Å²) >= 11 is 0. The van der Waals surface area contributed by atoms with E-state index >= 15 is 0 Å². The Bertz CT molecular complexity index is 782. The monoisotopic (exact) mass is 322 g/mol. The first kappa shape index (κ1) is 15.6. The Morgan fingerprint density at radius 3 is 3.04 bits per heavy atom. The molecule has 0 spiro atoms. The minimum absolute atomic E-state index is 0.148. The fourth-order valence-electron chi connectivity index (χ4n) is 2.41. The summed E-state index contributed by atoms with van der Waals surface area (Å²) < 4.78 is 7.14. The molecule has 1 fully saturated rings. The Hall–Kier alpha value is -2.30. The summed E-state index contributed by atoms with van der Waals surface area (Å²) in [7, 11) is 3.60. The highest BCUT2D eigenvalue weighted by Gasteiger charge is 2.35. The molecule has 1 aliphatic rings. The third-order valence-electron chi connectivity index (χ3n) is 3.53. The molecule has 2 aromatic rings. The van der Waals surface area contributed by atoms with Gasteiger partial charge < -0.3 is 19.8 Å². The lowest BCUT2D eigenvalue weighted by atomic mass is 10.2. The predicted molar refractivity (Wildman–Crippen MR) is 81.6 cm³/mol. The first-order valence-corrected chi connectivity index (χ1v) is 7.11. The standard InChI is InChI=1S/C13H18N6O4/c1-18(2)5-15-13-16-11-10(12(22)17-13)14-6-19(11)9-3-7(21)8(4-20)23-9/h5-9,20-21H,3-4H2,1-2H3,(H,16,17,22)/b15-5+/t7-,8+,9+/m1/s1. The van der Waals surface area contributed by atoms with Crippen molar-refractivity contribution >= 4 is 23.5 Å². The fourth-order valence-corrected chi connectivity index (χ4v) is 2.41. The van der Waals surface area contributed by atoms with E-state index in [-0.39, 0.29) is 24.5 Å². The maximum atomic E-state index is 12.1.